The van der Waals surface area contributed by atoms with Crippen LogP contribution < -0.4 is 11.1 Å². The van der Waals surface area contributed by atoms with E-state index in [0.717, 1.165) is 0 Å². The zero-order chi connectivity index (χ0) is 14.7. The fraction of sp³-hybridized carbons (Fsp3) is 0. The maximum atomic E-state index is 11.9. The number of hydrogen-bond donors (Lipinski definition) is 2. The lowest BCUT2D eigenvalue weighted by atomic mass is 10.2. The Balaban J connectivity index is 2.19. The first-order valence-electron chi connectivity index (χ1n) is 5.30. The number of nitrogen functional groups attached to an aromatic ring is 1. The van der Waals surface area contributed by atoms with E-state index in [9.17, 15) is 14.9 Å². The van der Waals surface area contributed by atoms with Gasteiger partial charge in [0.1, 0.15) is 11.5 Å². The van der Waals surface area contributed by atoms with Gasteiger partial charge in [-0.25, -0.2) is 9.97 Å². The van der Waals surface area contributed by atoms with Crippen LogP contribution in [0.4, 0.5) is 17.2 Å². The Morgan fingerprint density at radius 1 is 1.35 bits per heavy atom. The van der Waals surface area contributed by atoms with E-state index in [0.29, 0.717) is 10.2 Å². The van der Waals surface area contributed by atoms with E-state index in [1.54, 1.807) is 0 Å². The number of carbonyl (C=O) groups excluding carboxylic acids is 1. The monoisotopic (exact) mass is 337 g/mol. The van der Waals surface area contributed by atoms with E-state index in [1.165, 1.54) is 30.6 Å². The number of nitro groups is 1. The summed E-state index contributed by atoms with van der Waals surface area (Å²) in [6, 6.07) is 4.00. The third kappa shape index (κ3) is 3.06. The molecular weight excluding hydrogens is 330 g/mol. The van der Waals surface area contributed by atoms with Gasteiger partial charge in [-0.2, -0.15) is 0 Å². The number of rotatable bonds is 3. The molecule has 102 valence electrons. The Bertz CT molecular complexity index is 674. The first-order valence-corrected chi connectivity index (χ1v) is 6.09. The number of halogens is 1. The second kappa shape index (κ2) is 5.61. The van der Waals surface area contributed by atoms with Crippen molar-refractivity contribution < 1.29 is 9.72 Å². The molecule has 9 heteroatoms. The molecule has 0 aliphatic carbocycles. The molecular formula is C11H8BrN5O3. The first kappa shape index (κ1) is 13.9. The molecule has 0 aliphatic heterocycles. The van der Waals surface area contributed by atoms with E-state index in [2.05, 4.69) is 31.2 Å². The van der Waals surface area contributed by atoms with E-state index >= 15 is 0 Å². The number of benzene rings is 1. The molecule has 1 aromatic carbocycles. The van der Waals surface area contributed by atoms with Crippen LogP contribution in [0.2, 0.25) is 0 Å². The molecule has 0 fully saturated rings. The van der Waals surface area contributed by atoms with E-state index in [4.69, 9.17) is 5.73 Å². The van der Waals surface area contributed by atoms with Crippen LogP contribution in [0.1, 0.15) is 10.5 Å². The molecule has 1 aromatic heterocycles. The topological polar surface area (TPSA) is 124 Å². The molecule has 0 radical (unpaired) electrons. The first-order chi connectivity index (χ1) is 9.47. The average Bonchev–Trinajstić information content (AvgIpc) is 2.41. The number of hydrogen-bond acceptors (Lipinski definition) is 6. The minimum Gasteiger partial charge on any atom is -0.382 e. The largest absolute Gasteiger partial charge is 0.382 e. The number of amides is 1. The van der Waals surface area contributed by atoms with Crippen LogP contribution in [0, 0.1) is 10.1 Å². The van der Waals surface area contributed by atoms with Crippen LogP contribution in [0.3, 0.4) is 0 Å². The number of anilines is 2. The second-order valence-corrected chi connectivity index (χ2v) is 4.56. The molecule has 0 saturated carbocycles. The Hall–Kier alpha value is -2.55. The van der Waals surface area contributed by atoms with Gasteiger partial charge in [-0.05, 0) is 22.0 Å². The summed E-state index contributed by atoms with van der Waals surface area (Å²) in [5.41, 5.74) is 5.77. The number of aromatic nitrogens is 2. The lowest BCUT2D eigenvalue weighted by Crippen LogP contribution is -2.14. The van der Waals surface area contributed by atoms with Crippen molar-refractivity contribution in [2.75, 3.05) is 11.1 Å². The van der Waals surface area contributed by atoms with Crippen molar-refractivity contribution >= 4 is 39.0 Å². The van der Waals surface area contributed by atoms with E-state index < -0.39 is 10.8 Å². The fourth-order valence-corrected chi connectivity index (χ4v) is 1.83. The Morgan fingerprint density at radius 2 is 2.10 bits per heavy atom. The van der Waals surface area contributed by atoms with Gasteiger partial charge in [0.2, 0.25) is 0 Å². The summed E-state index contributed by atoms with van der Waals surface area (Å²) >= 11 is 3.15. The quantitative estimate of drug-likeness (QED) is 0.651. The van der Waals surface area contributed by atoms with Crippen molar-refractivity contribution in [3.8, 4) is 0 Å². The zero-order valence-electron chi connectivity index (χ0n) is 9.91. The van der Waals surface area contributed by atoms with Crippen molar-refractivity contribution in [3.63, 3.8) is 0 Å². The Morgan fingerprint density at radius 3 is 2.65 bits per heavy atom. The maximum absolute atomic E-state index is 11.9. The number of nitro benzene ring substituents is 1. The maximum Gasteiger partial charge on any atom is 0.275 e. The molecule has 2 aromatic rings. The molecule has 20 heavy (non-hydrogen) atoms. The van der Waals surface area contributed by atoms with Gasteiger partial charge >= 0.3 is 0 Å². The summed E-state index contributed by atoms with van der Waals surface area (Å²) in [5.74, 6) is -0.287. The van der Waals surface area contributed by atoms with Gasteiger partial charge in [-0.1, -0.05) is 0 Å². The number of nitrogens with two attached hydrogens (primary N) is 1. The van der Waals surface area contributed by atoms with Crippen LogP contribution in [0.25, 0.3) is 0 Å². The van der Waals surface area contributed by atoms with Gasteiger partial charge in [0.15, 0.2) is 0 Å². The fourth-order valence-electron chi connectivity index (χ4n) is 1.36. The molecule has 2 rings (SSSR count). The number of nitrogens with one attached hydrogen (secondary N) is 1. The zero-order valence-corrected chi connectivity index (χ0v) is 11.5. The molecule has 0 atom stereocenters. The van der Waals surface area contributed by atoms with Crippen molar-refractivity contribution in [2.45, 2.75) is 0 Å². The lowest BCUT2D eigenvalue weighted by Gasteiger charge is -2.06. The smallest absolute Gasteiger partial charge is 0.275 e. The van der Waals surface area contributed by atoms with Gasteiger partial charge in [0.25, 0.3) is 11.6 Å². The number of carbonyl (C=O) groups is 1. The minimum atomic E-state index is -0.526. The molecule has 0 unspecified atom stereocenters. The minimum absolute atomic E-state index is 0.0813. The third-order valence-electron chi connectivity index (χ3n) is 2.32. The van der Waals surface area contributed by atoms with Crippen molar-refractivity contribution in [1.82, 2.24) is 9.97 Å². The average molecular weight is 338 g/mol. The Kier molecular flexibility index (Phi) is 3.89. The second-order valence-electron chi connectivity index (χ2n) is 3.70. The van der Waals surface area contributed by atoms with Crippen molar-refractivity contribution in [3.05, 3.63) is 50.9 Å². The SMILES string of the molecule is Nc1cnc(C(=O)Nc2ccc([N+](=O)[O-])cc2Br)cn1. The molecule has 8 nitrogen and oxygen atoms in total. The predicted molar refractivity (Wildman–Crippen MR) is 75.2 cm³/mol. The van der Waals surface area contributed by atoms with Crippen LogP contribution in [0.5, 0.6) is 0 Å². The van der Waals surface area contributed by atoms with Crippen LogP contribution in [0.15, 0.2) is 35.1 Å². The molecule has 1 amide bonds. The highest BCUT2D eigenvalue weighted by Gasteiger charge is 2.13. The van der Waals surface area contributed by atoms with Gasteiger partial charge in [-0.3, -0.25) is 14.9 Å². The van der Waals surface area contributed by atoms with Crippen molar-refractivity contribution in [1.29, 1.82) is 0 Å². The summed E-state index contributed by atoms with van der Waals surface area (Å²) in [6.07, 6.45) is 2.50. The van der Waals surface area contributed by atoms with Gasteiger partial charge in [0, 0.05) is 16.6 Å². The van der Waals surface area contributed by atoms with Crippen molar-refractivity contribution in [2.24, 2.45) is 0 Å². The molecule has 0 bridgehead atoms. The van der Waals surface area contributed by atoms with Crippen LogP contribution >= 0.6 is 15.9 Å². The summed E-state index contributed by atoms with van der Waals surface area (Å²) < 4.78 is 0.392. The lowest BCUT2D eigenvalue weighted by molar-refractivity contribution is -0.384. The molecule has 3 N–H and O–H groups in total. The summed E-state index contributed by atoms with van der Waals surface area (Å²) in [5, 5.41) is 13.2. The third-order valence-corrected chi connectivity index (χ3v) is 2.97. The molecule has 0 spiro atoms. The number of nitrogens with zero attached hydrogens (tertiary/aromatic N) is 3. The standard InChI is InChI=1S/C11H8BrN5O3/c12-7-3-6(17(19)20)1-2-8(7)16-11(18)9-4-15-10(13)5-14-9/h1-5H,(H2,13,15)(H,16,18). The van der Waals surface area contributed by atoms with Gasteiger partial charge in [-0.15, -0.1) is 0 Å². The van der Waals surface area contributed by atoms with Crippen LogP contribution in [-0.2, 0) is 0 Å². The van der Waals surface area contributed by atoms with Gasteiger partial charge in [0.05, 0.1) is 23.0 Å². The highest BCUT2D eigenvalue weighted by molar-refractivity contribution is 9.10. The van der Waals surface area contributed by atoms with E-state index in [-0.39, 0.29) is 17.2 Å². The van der Waals surface area contributed by atoms with Gasteiger partial charge < -0.3 is 11.1 Å². The molecule has 1 heterocycles. The summed E-state index contributed by atoms with van der Waals surface area (Å²) in [6.45, 7) is 0. The Labute approximate surface area is 121 Å². The summed E-state index contributed by atoms with van der Waals surface area (Å²) in [7, 11) is 0. The normalized spacial score (nSPS) is 10.1. The summed E-state index contributed by atoms with van der Waals surface area (Å²) in [4.78, 5) is 29.6. The highest BCUT2D eigenvalue weighted by Crippen LogP contribution is 2.27. The van der Waals surface area contributed by atoms with E-state index in [1.807, 2.05) is 0 Å². The van der Waals surface area contributed by atoms with Crippen LogP contribution in [-0.4, -0.2) is 20.8 Å². The predicted octanol–water partition coefficient (Wildman–Crippen LogP) is 1.98. The highest BCUT2D eigenvalue weighted by atomic mass is 79.9. The number of non-ortho nitro benzene ring substituents is 1. The molecule has 0 saturated heterocycles. The molecule has 0 aliphatic rings.